The minimum absolute atomic E-state index is 0.221. The van der Waals surface area contributed by atoms with Gasteiger partial charge in [-0.2, -0.15) is 0 Å². The van der Waals surface area contributed by atoms with E-state index in [1.165, 1.54) is 25.7 Å². The standard InChI is InChI=1S/C13H27N3O/c1-4-16(11-7-5-6-8-11)10-9-13(2,3)12(14)15-17/h11,17H,4-10H2,1-3H3,(H2,14,15). The first kappa shape index (κ1) is 14.3. The van der Waals surface area contributed by atoms with Crippen LogP contribution in [0.15, 0.2) is 5.16 Å². The molecule has 4 heteroatoms. The molecule has 1 fully saturated rings. The van der Waals surface area contributed by atoms with Crippen LogP contribution in [0.4, 0.5) is 0 Å². The van der Waals surface area contributed by atoms with Crippen molar-refractivity contribution in [1.82, 2.24) is 4.90 Å². The van der Waals surface area contributed by atoms with Crippen LogP contribution in [-0.4, -0.2) is 35.1 Å². The first-order valence-electron chi connectivity index (χ1n) is 6.73. The van der Waals surface area contributed by atoms with E-state index < -0.39 is 0 Å². The molecule has 1 aliphatic carbocycles. The maximum absolute atomic E-state index is 8.75. The SMILES string of the molecule is CCN(CCC(C)(C)C(N)=NO)C1CCCC1. The number of nitrogens with zero attached hydrogens (tertiary/aromatic N) is 2. The van der Waals surface area contributed by atoms with Crippen LogP contribution in [0.1, 0.15) is 52.9 Å². The number of nitrogens with two attached hydrogens (primary N) is 1. The Kier molecular flexibility index (Phi) is 5.25. The van der Waals surface area contributed by atoms with Gasteiger partial charge in [-0.25, -0.2) is 0 Å². The second-order valence-corrected chi connectivity index (χ2v) is 5.69. The van der Waals surface area contributed by atoms with Crippen LogP contribution in [-0.2, 0) is 0 Å². The van der Waals surface area contributed by atoms with E-state index in [0.717, 1.165) is 25.6 Å². The van der Waals surface area contributed by atoms with E-state index in [0.29, 0.717) is 5.84 Å². The first-order chi connectivity index (χ1) is 8.01. The van der Waals surface area contributed by atoms with E-state index >= 15 is 0 Å². The van der Waals surface area contributed by atoms with Gasteiger partial charge in [0.1, 0.15) is 5.84 Å². The Labute approximate surface area is 105 Å². The molecule has 3 N–H and O–H groups in total. The molecule has 4 nitrogen and oxygen atoms in total. The van der Waals surface area contributed by atoms with Crippen molar-refractivity contribution in [3.05, 3.63) is 0 Å². The van der Waals surface area contributed by atoms with Crippen molar-refractivity contribution in [3.63, 3.8) is 0 Å². The van der Waals surface area contributed by atoms with E-state index in [2.05, 4.69) is 17.0 Å². The van der Waals surface area contributed by atoms with Gasteiger partial charge in [0.15, 0.2) is 0 Å². The summed E-state index contributed by atoms with van der Waals surface area (Å²) in [5.74, 6) is 0.333. The summed E-state index contributed by atoms with van der Waals surface area (Å²) >= 11 is 0. The molecule has 0 aromatic heterocycles. The molecule has 0 aliphatic heterocycles. The quantitative estimate of drug-likeness (QED) is 0.325. The highest BCUT2D eigenvalue weighted by Gasteiger charge is 2.27. The molecular formula is C13H27N3O. The van der Waals surface area contributed by atoms with Gasteiger partial charge in [0.2, 0.25) is 0 Å². The number of hydrogen-bond donors (Lipinski definition) is 2. The first-order valence-corrected chi connectivity index (χ1v) is 6.73. The maximum atomic E-state index is 8.75. The minimum Gasteiger partial charge on any atom is -0.409 e. The van der Waals surface area contributed by atoms with Crippen LogP contribution >= 0.6 is 0 Å². The van der Waals surface area contributed by atoms with Crippen LogP contribution in [0, 0.1) is 5.41 Å². The summed E-state index contributed by atoms with van der Waals surface area (Å²) in [6.07, 6.45) is 6.33. The van der Waals surface area contributed by atoms with Gasteiger partial charge in [0.25, 0.3) is 0 Å². The van der Waals surface area contributed by atoms with E-state index in [9.17, 15) is 0 Å². The third-order valence-corrected chi connectivity index (χ3v) is 4.07. The van der Waals surface area contributed by atoms with Gasteiger partial charge < -0.3 is 15.8 Å². The number of rotatable bonds is 6. The van der Waals surface area contributed by atoms with Crippen molar-refractivity contribution >= 4 is 5.84 Å². The summed E-state index contributed by atoms with van der Waals surface area (Å²) in [4.78, 5) is 2.54. The van der Waals surface area contributed by atoms with Crippen molar-refractivity contribution < 1.29 is 5.21 Å². The van der Waals surface area contributed by atoms with Gasteiger partial charge in [-0.3, -0.25) is 0 Å². The van der Waals surface area contributed by atoms with Crippen LogP contribution in [0.3, 0.4) is 0 Å². The van der Waals surface area contributed by atoms with Gasteiger partial charge in [0, 0.05) is 11.5 Å². The van der Waals surface area contributed by atoms with Crippen LogP contribution in [0.5, 0.6) is 0 Å². The fourth-order valence-corrected chi connectivity index (χ4v) is 2.55. The smallest absolute Gasteiger partial charge is 0.144 e. The largest absolute Gasteiger partial charge is 0.409 e. The van der Waals surface area contributed by atoms with Gasteiger partial charge in [-0.15, -0.1) is 0 Å². The zero-order chi connectivity index (χ0) is 12.9. The molecule has 0 bridgehead atoms. The van der Waals surface area contributed by atoms with Gasteiger partial charge >= 0.3 is 0 Å². The minimum atomic E-state index is -0.221. The lowest BCUT2D eigenvalue weighted by molar-refractivity contribution is 0.188. The van der Waals surface area contributed by atoms with E-state index in [1.54, 1.807) is 0 Å². The van der Waals surface area contributed by atoms with Gasteiger partial charge in [-0.1, -0.05) is 38.8 Å². The maximum Gasteiger partial charge on any atom is 0.144 e. The summed E-state index contributed by atoms with van der Waals surface area (Å²) in [7, 11) is 0. The second-order valence-electron chi connectivity index (χ2n) is 5.69. The zero-order valence-corrected chi connectivity index (χ0v) is 11.4. The van der Waals surface area contributed by atoms with Crippen LogP contribution in [0.25, 0.3) is 0 Å². The number of amidine groups is 1. The van der Waals surface area contributed by atoms with Gasteiger partial charge in [0.05, 0.1) is 0 Å². The molecule has 0 radical (unpaired) electrons. The molecule has 0 heterocycles. The lowest BCUT2D eigenvalue weighted by Gasteiger charge is -2.31. The molecule has 100 valence electrons. The summed E-state index contributed by atoms with van der Waals surface area (Å²) in [5, 5.41) is 11.9. The Morgan fingerprint density at radius 2 is 2.00 bits per heavy atom. The van der Waals surface area contributed by atoms with Gasteiger partial charge in [-0.05, 0) is 32.4 Å². The van der Waals surface area contributed by atoms with Crippen molar-refractivity contribution in [2.45, 2.75) is 58.9 Å². The molecule has 0 saturated heterocycles. The number of hydrogen-bond acceptors (Lipinski definition) is 3. The third-order valence-electron chi connectivity index (χ3n) is 4.07. The monoisotopic (exact) mass is 241 g/mol. The van der Waals surface area contributed by atoms with Crippen molar-refractivity contribution in [1.29, 1.82) is 0 Å². The Morgan fingerprint density at radius 1 is 1.41 bits per heavy atom. The Balaban J connectivity index is 2.46. The normalized spacial score (nSPS) is 19.2. The molecule has 1 rings (SSSR count). The van der Waals surface area contributed by atoms with Crippen molar-refractivity contribution in [3.8, 4) is 0 Å². The molecular weight excluding hydrogens is 214 g/mol. The Morgan fingerprint density at radius 3 is 2.47 bits per heavy atom. The topological polar surface area (TPSA) is 61.8 Å². The molecule has 0 amide bonds. The fraction of sp³-hybridized carbons (Fsp3) is 0.923. The highest BCUT2D eigenvalue weighted by molar-refractivity contribution is 5.85. The lowest BCUT2D eigenvalue weighted by Crippen LogP contribution is -2.39. The zero-order valence-electron chi connectivity index (χ0n) is 11.4. The van der Waals surface area contributed by atoms with Crippen molar-refractivity contribution in [2.75, 3.05) is 13.1 Å². The third kappa shape index (κ3) is 3.87. The number of oxime groups is 1. The fourth-order valence-electron chi connectivity index (χ4n) is 2.55. The average Bonchev–Trinajstić information content (AvgIpc) is 2.82. The van der Waals surface area contributed by atoms with Crippen LogP contribution < -0.4 is 5.73 Å². The summed E-state index contributed by atoms with van der Waals surface area (Å²) in [6, 6.07) is 0.753. The summed E-state index contributed by atoms with van der Waals surface area (Å²) in [5.41, 5.74) is 5.49. The molecule has 17 heavy (non-hydrogen) atoms. The predicted molar refractivity (Wildman–Crippen MR) is 71.3 cm³/mol. The average molecular weight is 241 g/mol. The summed E-state index contributed by atoms with van der Waals surface area (Å²) in [6.45, 7) is 8.41. The predicted octanol–water partition coefficient (Wildman–Crippen LogP) is 2.41. The molecule has 0 unspecified atom stereocenters. The highest BCUT2D eigenvalue weighted by atomic mass is 16.4. The Hall–Kier alpha value is -0.770. The summed E-state index contributed by atoms with van der Waals surface area (Å²) < 4.78 is 0. The molecule has 1 aliphatic rings. The molecule has 0 aromatic rings. The molecule has 0 spiro atoms. The highest BCUT2D eigenvalue weighted by Crippen LogP contribution is 2.26. The lowest BCUT2D eigenvalue weighted by atomic mass is 9.87. The molecule has 0 aromatic carbocycles. The van der Waals surface area contributed by atoms with E-state index in [1.807, 2.05) is 13.8 Å². The Bertz CT molecular complexity index is 257. The second kappa shape index (κ2) is 6.24. The molecule has 1 saturated carbocycles. The molecule has 0 atom stereocenters. The van der Waals surface area contributed by atoms with Crippen LogP contribution in [0.2, 0.25) is 0 Å². The van der Waals surface area contributed by atoms with E-state index in [-0.39, 0.29) is 5.41 Å². The van der Waals surface area contributed by atoms with E-state index in [4.69, 9.17) is 10.9 Å². The van der Waals surface area contributed by atoms with Crippen molar-refractivity contribution in [2.24, 2.45) is 16.3 Å².